The van der Waals surface area contributed by atoms with Crippen molar-refractivity contribution in [3.8, 4) is 0 Å². The summed E-state index contributed by atoms with van der Waals surface area (Å²) in [5, 5.41) is 22.4. The molecule has 0 radical (unpaired) electrons. The summed E-state index contributed by atoms with van der Waals surface area (Å²) in [6.07, 6.45) is 1.45. The normalized spacial score (nSPS) is 9.00. The van der Waals surface area contributed by atoms with Crippen molar-refractivity contribution in [2.75, 3.05) is 18.8 Å². The summed E-state index contributed by atoms with van der Waals surface area (Å²) in [4.78, 5) is 33.6. The molecule has 0 aliphatic heterocycles. The number of nitrogens with one attached hydrogen (secondary N) is 2. The molecule has 0 atom stereocenters. The molecule has 1 heterocycles. The Labute approximate surface area is 118 Å². The molecular weight excluding hydrogens is 288 g/mol. The lowest BCUT2D eigenvalue weighted by Gasteiger charge is -2.04. The van der Waals surface area contributed by atoms with Crippen molar-refractivity contribution in [2.45, 2.75) is 12.8 Å². The zero-order chi connectivity index (χ0) is 15.4. The second-order valence-electron chi connectivity index (χ2n) is 3.39. The highest BCUT2D eigenvalue weighted by Gasteiger charge is 2.03. The van der Waals surface area contributed by atoms with Crippen LogP contribution < -0.4 is 16.4 Å². The third-order valence-electron chi connectivity index (χ3n) is 1.86. The number of aliphatic carboxylic acids is 1. The predicted molar refractivity (Wildman–Crippen MR) is 72.6 cm³/mol. The number of hydrogen-bond acceptors (Lipinski definition) is 6. The molecule has 10 heteroatoms. The fourth-order valence-corrected chi connectivity index (χ4v) is 1.72. The van der Waals surface area contributed by atoms with E-state index in [1.165, 1.54) is 11.3 Å². The molecule has 20 heavy (non-hydrogen) atoms. The maximum atomic E-state index is 11.0. The minimum absolute atomic E-state index is 0.250. The number of amides is 2. The average molecular weight is 304 g/mol. The second-order valence-corrected chi connectivity index (χ2v) is 4.28. The molecule has 0 aliphatic carbocycles. The summed E-state index contributed by atoms with van der Waals surface area (Å²) >= 11 is 1.38. The van der Waals surface area contributed by atoms with Crippen LogP contribution in [-0.2, 0) is 16.0 Å². The number of rotatable bonds is 6. The van der Waals surface area contributed by atoms with Gasteiger partial charge in [0.15, 0.2) is 5.13 Å². The molecule has 0 saturated carbocycles. The van der Waals surface area contributed by atoms with Crippen LogP contribution >= 0.6 is 11.3 Å². The average Bonchev–Trinajstić information content (AvgIpc) is 2.79. The molecule has 9 nitrogen and oxygen atoms in total. The van der Waals surface area contributed by atoms with Crippen LogP contribution in [0.1, 0.15) is 12.1 Å². The van der Waals surface area contributed by atoms with E-state index in [1.807, 2.05) is 5.38 Å². The van der Waals surface area contributed by atoms with Gasteiger partial charge in [0.05, 0.1) is 5.69 Å². The van der Waals surface area contributed by atoms with Crippen molar-refractivity contribution in [1.82, 2.24) is 15.6 Å². The number of anilines is 1. The van der Waals surface area contributed by atoms with Gasteiger partial charge < -0.3 is 26.6 Å². The fourth-order valence-electron chi connectivity index (χ4n) is 1.13. The number of urea groups is 1. The molecule has 0 spiro atoms. The molecule has 0 saturated heterocycles. The highest BCUT2D eigenvalue weighted by molar-refractivity contribution is 7.13. The smallest absolute Gasteiger partial charge is 0.323 e. The van der Waals surface area contributed by atoms with Gasteiger partial charge in [-0.15, -0.1) is 11.3 Å². The number of carbonyl (C=O) groups excluding carboxylic acids is 1. The summed E-state index contributed by atoms with van der Waals surface area (Å²) in [6.45, 7) is -0.169. The van der Waals surface area contributed by atoms with Crippen LogP contribution in [0.3, 0.4) is 0 Å². The van der Waals surface area contributed by atoms with Crippen molar-refractivity contribution in [3.05, 3.63) is 11.1 Å². The number of carboxylic acid groups (broad SMARTS) is 2. The molecule has 0 bridgehead atoms. The molecular formula is C10H16N4O5S. The Balaban J connectivity index is 0.00000110. The minimum atomic E-state index is -1.07. The van der Waals surface area contributed by atoms with Gasteiger partial charge in [0.2, 0.25) is 0 Å². The Morgan fingerprint density at radius 3 is 2.60 bits per heavy atom. The second kappa shape index (κ2) is 10.6. The van der Waals surface area contributed by atoms with E-state index in [2.05, 4.69) is 15.6 Å². The summed E-state index contributed by atoms with van der Waals surface area (Å²) < 4.78 is 0. The molecule has 0 aliphatic rings. The van der Waals surface area contributed by atoms with Gasteiger partial charge in [-0.3, -0.25) is 9.59 Å². The fraction of sp³-hybridized carbons (Fsp3) is 0.400. The molecule has 2 amide bonds. The van der Waals surface area contributed by atoms with Gasteiger partial charge >= 0.3 is 12.0 Å². The number of aryl methyl sites for hydroxylation is 1. The van der Waals surface area contributed by atoms with Crippen LogP contribution in [0, 0.1) is 0 Å². The Hall–Kier alpha value is -2.36. The van der Waals surface area contributed by atoms with Gasteiger partial charge in [0.25, 0.3) is 6.47 Å². The van der Waals surface area contributed by atoms with Crippen LogP contribution in [-0.4, -0.2) is 46.8 Å². The Morgan fingerprint density at radius 1 is 1.45 bits per heavy atom. The van der Waals surface area contributed by atoms with Gasteiger partial charge in [0, 0.05) is 11.9 Å². The van der Waals surface area contributed by atoms with Crippen LogP contribution in [0.4, 0.5) is 9.93 Å². The first-order valence-corrected chi connectivity index (χ1v) is 6.38. The highest BCUT2D eigenvalue weighted by atomic mass is 32.1. The monoisotopic (exact) mass is 304 g/mol. The quantitative estimate of drug-likeness (QED) is 0.358. The molecule has 0 aromatic carbocycles. The number of nitrogen functional groups attached to an aromatic ring is 1. The Kier molecular flexibility index (Phi) is 9.31. The van der Waals surface area contributed by atoms with Crippen LogP contribution in [0.15, 0.2) is 5.38 Å². The van der Waals surface area contributed by atoms with Gasteiger partial charge in [-0.25, -0.2) is 9.78 Å². The third kappa shape index (κ3) is 9.65. The van der Waals surface area contributed by atoms with E-state index in [0.717, 1.165) is 18.5 Å². The lowest BCUT2D eigenvalue weighted by molar-refractivity contribution is -0.135. The minimum Gasteiger partial charge on any atom is -0.483 e. The van der Waals surface area contributed by atoms with Crippen molar-refractivity contribution >= 4 is 34.9 Å². The van der Waals surface area contributed by atoms with Gasteiger partial charge in [0.1, 0.15) is 6.54 Å². The summed E-state index contributed by atoms with van der Waals surface area (Å²) in [7, 11) is 0. The van der Waals surface area contributed by atoms with Gasteiger partial charge in [-0.2, -0.15) is 0 Å². The number of thiazole rings is 1. The zero-order valence-corrected chi connectivity index (χ0v) is 11.4. The number of carbonyl (C=O) groups is 3. The zero-order valence-electron chi connectivity index (χ0n) is 10.5. The molecule has 1 aromatic rings. The maximum Gasteiger partial charge on any atom is 0.323 e. The first-order chi connectivity index (χ1) is 9.49. The van der Waals surface area contributed by atoms with Crippen LogP contribution in [0.2, 0.25) is 0 Å². The van der Waals surface area contributed by atoms with Crippen molar-refractivity contribution in [2.24, 2.45) is 0 Å². The summed E-state index contributed by atoms with van der Waals surface area (Å²) in [5.41, 5.74) is 6.37. The predicted octanol–water partition coefficient (Wildman–Crippen LogP) is -0.257. The van der Waals surface area contributed by atoms with Gasteiger partial charge in [-0.1, -0.05) is 0 Å². The first kappa shape index (κ1) is 17.6. The molecule has 6 N–H and O–H groups in total. The van der Waals surface area contributed by atoms with E-state index in [9.17, 15) is 9.59 Å². The first-order valence-electron chi connectivity index (χ1n) is 5.50. The number of nitrogens with two attached hydrogens (primary N) is 1. The molecule has 112 valence electrons. The number of aromatic nitrogens is 1. The standard InChI is InChI=1S/C9H14N4O3S.CH2O2/c10-8-13-6(5-17-8)2-1-3-11-9(16)12-4-7(14)15;2-1-3/h5H,1-4H2,(H2,10,13)(H,14,15)(H2,11,12,16);1H,(H,2,3). The SMILES string of the molecule is Nc1nc(CCCNC(=O)NCC(=O)O)cs1.O=CO. The van der Waals surface area contributed by atoms with Gasteiger partial charge in [-0.05, 0) is 12.8 Å². The lowest BCUT2D eigenvalue weighted by atomic mass is 10.2. The maximum absolute atomic E-state index is 11.0. The van der Waals surface area contributed by atoms with Crippen molar-refractivity contribution in [1.29, 1.82) is 0 Å². The lowest BCUT2D eigenvalue weighted by Crippen LogP contribution is -2.38. The number of carboxylic acids is 1. The van der Waals surface area contributed by atoms with Crippen LogP contribution in [0.25, 0.3) is 0 Å². The molecule has 1 rings (SSSR count). The van der Waals surface area contributed by atoms with E-state index < -0.39 is 12.0 Å². The number of nitrogens with zero attached hydrogens (tertiary/aromatic N) is 1. The van der Waals surface area contributed by atoms with Crippen molar-refractivity contribution < 1.29 is 24.6 Å². The highest BCUT2D eigenvalue weighted by Crippen LogP contribution is 2.11. The summed E-state index contributed by atoms with van der Waals surface area (Å²) in [6, 6.07) is -0.481. The largest absolute Gasteiger partial charge is 0.483 e. The molecule has 0 fully saturated rings. The summed E-state index contributed by atoms with van der Waals surface area (Å²) in [5.74, 6) is -1.07. The Morgan fingerprint density at radius 2 is 2.10 bits per heavy atom. The van der Waals surface area contributed by atoms with E-state index in [1.54, 1.807) is 0 Å². The van der Waals surface area contributed by atoms with E-state index in [0.29, 0.717) is 11.7 Å². The third-order valence-corrected chi connectivity index (χ3v) is 2.59. The molecule has 1 aromatic heterocycles. The topological polar surface area (TPSA) is 155 Å². The van der Waals surface area contributed by atoms with Crippen molar-refractivity contribution in [3.63, 3.8) is 0 Å². The van der Waals surface area contributed by atoms with E-state index in [4.69, 9.17) is 20.7 Å². The Bertz CT molecular complexity index is 437. The van der Waals surface area contributed by atoms with E-state index in [-0.39, 0.29) is 13.0 Å². The van der Waals surface area contributed by atoms with E-state index >= 15 is 0 Å². The van der Waals surface area contributed by atoms with Crippen LogP contribution in [0.5, 0.6) is 0 Å². The number of hydrogen-bond donors (Lipinski definition) is 5. The molecule has 0 unspecified atom stereocenters.